The van der Waals surface area contributed by atoms with E-state index in [-0.39, 0.29) is 11.1 Å². The number of methoxy groups -OCH3 is 1. The van der Waals surface area contributed by atoms with Gasteiger partial charge in [0, 0.05) is 5.39 Å². The van der Waals surface area contributed by atoms with Gasteiger partial charge in [0.25, 0.3) is 5.91 Å². The fraction of sp³-hybridized carbons (Fsp3) is 0.0500. The van der Waals surface area contributed by atoms with E-state index >= 15 is 0 Å². The maximum Gasteiger partial charge on any atom is 0.350 e. The first-order chi connectivity index (χ1) is 13.1. The smallest absolute Gasteiger partial charge is 0.350 e. The molecule has 27 heavy (non-hydrogen) atoms. The number of nitrogens with zero attached hydrogens (tertiary/aromatic N) is 1. The van der Waals surface area contributed by atoms with Crippen LogP contribution in [0.25, 0.3) is 21.7 Å². The number of primary amides is 1. The molecule has 7 heteroatoms. The summed E-state index contributed by atoms with van der Waals surface area (Å²) in [5.74, 6) is -1.17. The molecule has 0 saturated carbocycles. The van der Waals surface area contributed by atoms with Crippen LogP contribution in [0.4, 0.5) is 5.69 Å². The number of nitrogens with two attached hydrogens (primary N) is 1. The zero-order valence-electron chi connectivity index (χ0n) is 14.3. The van der Waals surface area contributed by atoms with Gasteiger partial charge in [0.15, 0.2) is 0 Å². The minimum Gasteiger partial charge on any atom is -0.465 e. The first-order valence-electron chi connectivity index (χ1n) is 8.04. The normalized spacial score (nSPS) is 11.8. The van der Waals surface area contributed by atoms with Crippen LogP contribution < -0.4 is 11.3 Å². The Hall–Kier alpha value is -3.45. The molecular weight excluding hydrogens is 364 g/mol. The van der Waals surface area contributed by atoms with E-state index in [1.165, 1.54) is 18.4 Å². The Labute approximate surface area is 157 Å². The van der Waals surface area contributed by atoms with Gasteiger partial charge in [0.1, 0.15) is 16.0 Å². The highest BCUT2D eigenvalue weighted by Crippen LogP contribution is 2.27. The van der Waals surface area contributed by atoms with E-state index in [4.69, 9.17) is 14.9 Å². The topological polar surface area (TPSA) is 94.9 Å². The molecule has 0 atom stereocenters. The molecule has 2 aromatic carbocycles. The minimum atomic E-state index is -0.665. The van der Waals surface area contributed by atoms with Crippen molar-refractivity contribution in [2.75, 3.05) is 7.11 Å². The van der Waals surface area contributed by atoms with E-state index in [1.54, 1.807) is 17.5 Å². The predicted octanol–water partition coefficient (Wildman–Crippen LogP) is 3.77. The standard InChI is InChI=1S/C20H14N2O4S/c1-25-20(24)17-15(8-9-27-17)22-19-14(18(21)23)10-13-12-5-3-2-4-11(12)6-7-16(13)26-19/h2-10H,1H3,(H2,21,23). The van der Waals surface area contributed by atoms with Crippen molar-refractivity contribution in [3.63, 3.8) is 0 Å². The van der Waals surface area contributed by atoms with E-state index in [2.05, 4.69) is 4.99 Å². The van der Waals surface area contributed by atoms with Gasteiger partial charge in [-0.1, -0.05) is 30.3 Å². The summed E-state index contributed by atoms with van der Waals surface area (Å²) in [5, 5.41) is 4.44. The highest BCUT2D eigenvalue weighted by Gasteiger charge is 2.16. The number of esters is 1. The van der Waals surface area contributed by atoms with Gasteiger partial charge >= 0.3 is 5.97 Å². The highest BCUT2D eigenvalue weighted by atomic mass is 32.1. The highest BCUT2D eigenvalue weighted by molar-refractivity contribution is 7.12. The van der Waals surface area contributed by atoms with Gasteiger partial charge in [-0.15, -0.1) is 11.3 Å². The number of rotatable bonds is 3. The first kappa shape index (κ1) is 17.0. The van der Waals surface area contributed by atoms with Crippen molar-refractivity contribution in [2.45, 2.75) is 0 Å². The Bertz CT molecular complexity index is 1270. The Morgan fingerprint density at radius 3 is 2.70 bits per heavy atom. The molecular formula is C20H14N2O4S. The zero-order chi connectivity index (χ0) is 19.0. The molecule has 0 bridgehead atoms. The van der Waals surface area contributed by atoms with Crippen molar-refractivity contribution in [1.29, 1.82) is 0 Å². The van der Waals surface area contributed by atoms with Crippen molar-refractivity contribution < 1.29 is 18.7 Å². The first-order valence-corrected chi connectivity index (χ1v) is 8.92. The van der Waals surface area contributed by atoms with Crippen molar-refractivity contribution in [2.24, 2.45) is 10.7 Å². The van der Waals surface area contributed by atoms with Crippen LogP contribution in [0.3, 0.4) is 0 Å². The minimum absolute atomic E-state index is 0.0498. The summed E-state index contributed by atoms with van der Waals surface area (Å²) in [7, 11) is 1.30. The number of carbonyl (C=O) groups excluding carboxylic acids is 2. The van der Waals surface area contributed by atoms with Gasteiger partial charge in [0.05, 0.1) is 12.8 Å². The van der Waals surface area contributed by atoms with Crippen LogP contribution in [0.2, 0.25) is 0 Å². The van der Waals surface area contributed by atoms with Gasteiger partial charge in [-0.2, -0.15) is 0 Å². The lowest BCUT2D eigenvalue weighted by molar-refractivity contribution is 0.0607. The predicted molar refractivity (Wildman–Crippen MR) is 103 cm³/mol. The second-order valence-corrected chi connectivity index (χ2v) is 6.68. The van der Waals surface area contributed by atoms with Crippen molar-refractivity contribution in [3.05, 3.63) is 69.9 Å². The average Bonchev–Trinajstić information content (AvgIpc) is 3.14. The molecule has 2 heterocycles. The fourth-order valence-electron chi connectivity index (χ4n) is 2.88. The maximum atomic E-state index is 12.0. The summed E-state index contributed by atoms with van der Waals surface area (Å²) in [5.41, 5.74) is 6.67. The number of amides is 1. The van der Waals surface area contributed by atoms with Crippen LogP contribution >= 0.6 is 11.3 Å². The molecule has 4 rings (SSSR count). The fourth-order valence-corrected chi connectivity index (χ4v) is 3.63. The lowest BCUT2D eigenvalue weighted by atomic mass is 10.0. The van der Waals surface area contributed by atoms with Crippen LogP contribution in [0.5, 0.6) is 0 Å². The number of carbonyl (C=O) groups is 2. The van der Waals surface area contributed by atoms with E-state index < -0.39 is 11.9 Å². The van der Waals surface area contributed by atoms with E-state index in [0.717, 1.165) is 16.2 Å². The largest absolute Gasteiger partial charge is 0.465 e. The van der Waals surface area contributed by atoms with Crippen molar-refractivity contribution >= 4 is 50.6 Å². The molecule has 2 aromatic heterocycles. The molecule has 6 nitrogen and oxygen atoms in total. The number of fused-ring (bicyclic) bond motifs is 3. The molecule has 0 unspecified atom stereocenters. The van der Waals surface area contributed by atoms with Gasteiger partial charge in [-0.05, 0) is 34.4 Å². The number of hydrogen-bond acceptors (Lipinski definition) is 6. The molecule has 1 amide bonds. The monoisotopic (exact) mass is 378 g/mol. The van der Waals surface area contributed by atoms with Crippen LogP contribution in [0.1, 0.15) is 20.0 Å². The van der Waals surface area contributed by atoms with Crippen LogP contribution in [0.15, 0.2) is 63.3 Å². The molecule has 134 valence electrons. The summed E-state index contributed by atoms with van der Waals surface area (Å²) in [6, 6.07) is 14.9. The summed E-state index contributed by atoms with van der Waals surface area (Å²) in [6.45, 7) is 0. The molecule has 0 aliphatic carbocycles. The van der Waals surface area contributed by atoms with Crippen molar-refractivity contribution in [3.8, 4) is 0 Å². The molecule has 4 aromatic rings. The van der Waals surface area contributed by atoms with Crippen LogP contribution in [-0.4, -0.2) is 19.0 Å². The van der Waals surface area contributed by atoms with Crippen LogP contribution in [-0.2, 0) is 4.74 Å². The van der Waals surface area contributed by atoms with E-state index in [1.807, 2.05) is 36.4 Å². The second kappa shape index (κ2) is 6.69. The quantitative estimate of drug-likeness (QED) is 0.434. The average molecular weight is 378 g/mol. The lowest BCUT2D eigenvalue weighted by Gasteiger charge is -2.05. The van der Waals surface area contributed by atoms with Crippen molar-refractivity contribution in [1.82, 2.24) is 0 Å². The van der Waals surface area contributed by atoms with E-state index in [0.29, 0.717) is 16.1 Å². The number of benzene rings is 2. The SMILES string of the molecule is COC(=O)c1sccc1N=c1oc2ccc3ccccc3c2cc1C(N)=O. The zero-order valence-corrected chi connectivity index (χ0v) is 15.1. The second-order valence-electron chi connectivity index (χ2n) is 5.77. The Kier molecular flexibility index (Phi) is 4.21. The van der Waals surface area contributed by atoms with Gasteiger partial charge < -0.3 is 14.9 Å². The third kappa shape index (κ3) is 2.98. The third-order valence-electron chi connectivity index (χ3n) is 4.16. The number of hydrogen-bond donors (Lipinski definition) is 1. The molecule has 0 fully saturated rings. The van der Waals surface area contributed by atoms with Gasteiger partial charge in [-0.25, -0.2) is 9.79 Å². The molecule has 0 radical (unpaired) electrons. The molecule has 0 saturated heterocycles. The third-order valence-corrected chi connectivity index (χ3v) is 5.04. The van der Waals surface area contributed by atoms with Crippen LogP contribution in [0, 0.1) is 0 Å². The summed E-state index contributed by atoms with van der Waals surface area (Å²) < 4.78 is 10.6. The summed E-state index contributed by atoms with van der Waals surface area (Å²) in [4.78, 5) is 28.6. The van der Waals surface area contributed by atoms with Gasteiger partial charge in [-0.3, -0.25) is 4.79 Å². The Morgan fingerprint density at radius 2 is 1.93 bits per heavy atom. The summed E-state index contributed by atoms with van der Waals surface area (Å²) >= 11 is 1.20. The summed E-state index contributed by atoms with van der Waals surface area (Å²) in [6.07, 6.45) is 0. The number of thiophene rings is 1. The Balaban J connectivity index is 2.02. The molecule has 0 spiro atoms. The molecule has 0 aliphatic rings. The molecule has 0 aliphatic heterocycles. The lowest BCUT2D eigenvalue weighted by Crippen LogP contribution is -2.21. The van der Waals surface area contributed by atoms with Gasteiger partial charge in [0.2, 0.25) is 5.55 Å². The Morgan fingerprint density at radius 1 is 1.11 bits per heavy atom. The van der Waals surface area contributed by atoms with E-state index in [9.17, 15) is 9.59 Å². The maximum absolute atomic E-state index is 12.0. The number of ether oxygens (including phenoxy) is 1. The molecule has 2 N–H and O–H groups in total.